The SMILES string of the molecule is C=CCO[C@@H]1O[C@H](CCOCc2ccccc2)[C@@H](OCc2ccccc2)[C@H](O)[C@H]1OC(=O)c1ccccc1. The smallest absolute Gasteiger partial charge is 0.338 e. The number of benzene rings is 3. The van der Waals surface area contributed by atoms with Crippen molar-refractivity contribution in [3.05, 3.63) is 120 Å². The summed E-state index contributed by atoms with van der Waals surface area (Å²) in [5.74, 6) is -0.586. The van der Waals surface area contributed by atoms with Gasteiger partial charge < -0.3 is 28.8 Å². The maximum atomic E-state index is 12.9. The lowest BCUT2D eigenvalue weighted by Crippen LogP contribution is -2.60. The van der Waals surface area contributed by atoms with Gasteiger partial charge in [-0.15, -0.1) is 6.58 Å². The summed E-state index contributed by atoms with van der Waals surface area (Å²) < 4.78 is 29.8. The fraction of sp³-hybridized carbons (Fsp3) is 0.323. The third-order valence-corrected chi connectivity index (χ3v) is 6.19. The molecule has 0 bridgehead atoms. The lowest BCUT2D eigenvalue weighted by Gasteiger charge is -2.43. The topological polar surface area (TPSA) is 83.5 Å². The second kappa shape index (κ2) is 14.6. The van der Waals surface area contributed by atoms with Crippen molar-refractivity contribution < 1.29 is 33.6 Å². The average molecular weight is 519 g/mol. The lowest BCUT2D eigenvalue weighted by atomic mass is 9.96. The van der Waals surface area contributed by atoms with Gasteiger partial charge >= 0.3 is 5.97 Å². The Morgan fingerprint density at radius 3 is 2.08 bits per heavy atom. The van der Waals surface area contributed by atoms with Crippen LogP contribution in [0.15, 0.2) is 104 Å². The molecule has 0 saturated carbocycles. The highest BCUT2D eigenvalue weighted by Gasteiger charge is 2.48. The molecule has 0 aliphatic carbocycles. The first kappa shape index (κ1) is 27.7. The second-order valence-corrected chi connectivity index (χ2v) is 8.98. The molecular formula is C31H34O7. The Hall–Kier alpha value is -3.33. The standard InChI is InChI=1S/C31H34O7/c1-2-19-35-31-29(38-30(33)25-16-10-5-11-17-25)27(32)28(36-22-24-14-8-4-9-15-24)26(37-31)18-20-34-21-23-12-6-3-7-13-23/h2-17,26-29,31-32H,1,18-22H2/t26-,27+,28-,29-,31-/m1/s1. The van der Waals surface area contributed by atoms with Gasteiger partial charge in [0.2, 0.25) is 0 Å². The monoisotopic (exact) mass is 518 g/mol. The minimum absolute atomic E-state index is 0.156. The largest absolute Gasteiger partial charge is 0.450 e. The van der Waals surface area contributed by atoms with Crippen molar-refractivity contribution in [2.24, 2.45) is 0 Å². The predicted octanol–water partition coefficient (Wildman–Crippen LogP) is 4.69. The van der Waals surface area contributed by atoms with E-state index < -0.39 is 36.7 Å². The number of carbonyl (C=O) groups is 1. The van der Waals surface area contributed by atoms with Gasteiger partial charge in [-0.05, 0) is 29.7 Å². The van der Waals surface area contributed by atoms with Crippen molar-refractivity contribution in [2.45, 2.75) is 50.3 Å². The number of ether oxygens (including phenoxy) is 5. The van der Waals surface area contributed by atoms with E-state index in [2.05, 4.69) is 6.58 Å². The zero-order chi connectivity index (χ0) is 26.6. The molecule has 0 unspecified atom stereocenters. The van der Waals surface area contributed by atoms with E-state index in [-0.39, 0.29) is 13.2 Å². The highest BCUT2D eigenvalue weighted by molar-refractivity contribution is 5.89. The molecule has 3 aromatic carbocycles. The van der Waals surface area contributed by atoms with Gasteiger partial charge in [0.15, 0.2) is 12.4 Å². The zero-order valence-electron chi connectivity index (χ0n) is 21.3. The Labute approximate surface area is 223 Å². The molecule has 4 rings (SSSR count). The van der Waals surface area contributed by atoms with E-state index in [1.54, 1.807) is 30.3 Å². The van der Waals surface area contributed by atoms with Crippen molar-refractivity contribution in [1.29, 1.82) is 0 Å². The first-order valence-electron chi connectivity index (χ1n) is 12.7. The van der Waals surface area contributed by atoms with Crippen LogP contribution >= 0.6 is 0 Å². The highest BCUT2D eigenvalue weighted by Crippen LogP contribution is 2.30. The van der Waals surface area contributed by atoms with E-state index in [4.69, 9.17) is 23.7 Å². The summed E-state index contributed by atoms with van der Waals surface area (Å²) in [4.78, 5) is 12.9. The molecule has 3 aromatic rings. The van der Waals surface area contributed by atoms with Crippen molar-refractivity contribution in [3.63, 3.8) is 0 Å². The summed E-state index contributed by atoms with van der Waals surface area (Å²) in [6, 6.07) is 28.1. The molecule has 0 aromatic heterocycles. The number of hydrogen-bond acceptors (Lipinski definition) is 7. The third-order valence-electron chi connectivity index (χ3n) is 6.19. The molecule has 1 saturated heterocycles. The molecule has 0 spiro atoms. The van der Waals surface area contributed by atoms with Crippen LogP contribution in [0.3, 0.4) is 0 Å². The molecule has 38 heavy (non-hydrogen) atoms. The van der Waals surface area contributed by atoms with Crippen LogP contribution in [0, 0.1) is 0 Å². The molecule has 1 aliphatic heterocycles. The fourth-order valence-electron chi connectivity index (χ4n) is 4.25. The molecular weight excluding hydrogens is 484 g/mol. The van der Waals surface area contributed by atoms with Gasteiger partial charge in [-0.25, -0.2) is 4.79 Å². The average Bonchev–Trinajstić information content (AvgIpc) is 2.97. The summed E-state index contributed by atoms with van der Waals surface area (Å²) in [6.07, 6.45) is -2.65. The summed E-state index contributed by atoms with van der Waals surface area (Å²) >= 11 is 0. The van der Waals surface area contributed by atoms with Gasteiger partial charge in [0.05, 0.1) is 31.5 Å². The van der Waals surface area contributed by atoms with Gasteiger partial charge in [0.25, 0.3) is 0 Å². The number of hydrogen-bond donors (Lipinski definition) is 1. The summed E-state index contributed by atoms with van der Waals surface area (Å²) in [7, 11) is 0. The van der Waals surface area contributed by atoms with Crippen LogP contribution in [0.25, 0.3) is 0 Å². The van der Waals surface area contributed by atoms with Crippen molar-refractivity contribution in [3.8, 4) is 0 Å². The predicted molar refractivity (Wildman–Crippen MR) is 142 cm³/mol. The van der Waals surface area contributed by atoms with Gasteiger partial charge in [0.1, 0.15) is 12.2 Å². The molecule has 7 heteroatoms. The Morgan fingerprint density at radius 1 is 0.842 bits per heavy atom. The van der Waals surface area contributed by atoms with Gasteiger partial charge in [-0.1, -0.05) is 84.9 Å². The van der Waals surface area contributed by atoms with Crippen LogP contribution in [0.1, 0.15) is 27.9 Å². The van der Waals surface area contributed by atoms with E-state index in [9.17, 15) is 9.90 Å². The number of aliphatic hydroxyl groups excluding tert-OH is 1. The molecule has 5 atom stereocenters. The first-order valence-corrected chi connectivity index (χ1v) is 12.7. The zero-order valence-corrected chi connectivity index (χ0v) is 21.3. The third kappa shape index (κ3) is 7.84. The van der Waals surface area contributed by atoms with Gasteiger partial charge in [-0.3, -0.25) is 0 Å². The van der Waals surface area contributed by atoms with E-state index >= 15 is 0 Å². The minimum Gasteiger partial charge on any atom is -0.450 e. The van der Waals surface area contributed by atoms with Crippen LogP contribution in [0.2, 0.25) is 0 Å². The number of esters is 1. The number of carbonyl (C=O) groups excluding carboxylic acids is 1. The highest BCUT2D eigenvalue weighted by atomic mass is 16.7. The number of aliphatic hydroxyl groups is 1. The number of rotatable bonds is 13. The second-order valence-electron chi connectivity index (χ2n) is 8.98. The van der Waals surface area contributed by atoms with E-state index in [1.807, 2.05) is 66.7 Å². The van der Waals surface area contributed by atoms with Crippen molar-refractivity contribution >= 4 is 5.97 Å². The maximum absolute atomic E-state index is 12.9. The van der Waals surface area contributed by atoms with Crippen LogP contribution in [0.5, 0.6) is 0 Å². The Kier molecular flexibility index (Phi) is 10.6. The molecule has 1 N–H and O–H groups in total. The van der Waals surface area contributed by atoms with Crippen LogP contribution in [-0.2, 0) is 36.9 Å². The fourth-order valence-corrected chi connectivity index (χ4v) is 4.25. The van der Waals surface area contributed by atoms with E-state index in [1.165, 1.54) is 0 Å². The van der Waals surface area contributed by atoms with Crippen LogP contribution < -0.4 is 0 Å². The van der Waals surface area contributed by atoms with E-state index in [0.29, 0.717) is 25.2 Å². The normalized spacial score (nSPS) is 23.0. The summed E-state index contributed by atoms with van der Waals surface area (Å²) in [6.45, 7) is 4.93. The van der Waals surface area contributed by atoms with Crippen molar-refractivity contribution in [1.82, 2.24) is 0 Å². The van der Waals surface area contributed by atoms with Gasteiger partial charge in [-0.2, -0.15) is 0 Å². The van der Waals surface area contributed by atoms with Crippen LogP contribution in [0.4, 0.5) is 0 Å². The summed E-state index contributed by atoms with van der Waals surface area (Å²) in [5, 5.41) is 11.4. The lowest BCUT2D eigenvalue weighted by molar-refractivity contribution is -0.303. The summed E-state index contributed by atoms with van der Waals surface area (Å²) in [5.41, 5.74) is 2.37. The molecule has 1 fully saturated rings. The van der Waals surface area contributed by atoms with Crippen molar-refractivity contribution in [2.75, 3.05) is 13.2 Å². The van der Waals surface area contributed by atoms with E-state index in [0.717, 1.165) is 11.1 Å². The Balaban J connectivity index is 1.48. The van der Waals surface area contributed by atoms with Gasteiger partial charge in [0, 0.05) is 6.61 Å². The molecule has 0 amide bonds. The molecule has 1 aliphatic rings. The minimum atomic E-state index is -1.20. The molecule has 1 heterocycles. The Morgan fingerprint density at radius 2 is 1.45 bits per heavy atom. The maximum Gasteiger partial charge on any atom is 0.338 e. The molecule has 200 valence electrons. The first-order chi connectivity index (χ1) is 18.7. The molecule has 0 radical (unpaired) electrons. The van der Waals surface area contributed by atoms with Crippen LogP contribution in [-0.4, -0.2) is 55.0 Å². The molecule has 7 nitrogen and oxygen atoms in total. The Bertz CT molecular complexity index is 1110. The quantitative estimate of drug-likeness (QED) is 0.200.